The summed E-state index contributed by atoms with van der Waals surface area (Å²) in [5, 5.41) is 22.6. The van der Waals surface area contributed by atoms with Crippen molar-refractivity contribution in [3.8, 4) is 0 Å². The third kappa shape index (κ3) is 2.41. The van der Waals surface area contributed by atoms with Crippen LogP contribution < -0.4 is 10.6 Å². The van der Waals surface area contributed by atoms with E-state index in [1.165, 1.54) is 0 Å². The number of nitrogens with one attached hydrogen (secondary N) is 2. The van der Waals surface area contributed by atoms with Crippen LogP contribution >= 0.6 is 0 Å². The van der Waals surface area contributed by atoms with Crippen molar-refractivity contribution in [2.24, 2.45) is 0 Å². The quantitative estimate of drug-likeness (QED) is 0.492. The molecule has 1 aromatic rings. The highest BCUT2D eigenvalue weighted by atomic mass is 16.3. The molecule has 0 heterocycles. The molecule has 0 saturated carbocycles. The molecule has 0 aliphatic rings. The Bertz CT molecular complexity index is 219. The topological polar surface area (TPSA) is 64.5 Å². The number of benzene rings is 1. The van der Waals surface area contributed by atoms with Crippen LogP contribution in [0.4, 0.5) is 11.4 Å². The first-order chi connectivity index (χ1) is 5.86. The SMILES string of the molecule is OCNc1cccc(NCO)c1. The smallest absolute Gasteiger partial charge is 0.113 e. The van der Waals surface area contributed by atoms with E-state index < -0.39 is 0 Å². The van der Waals surface area contributed by atoms with Crippen LogP contribution in [0.3, 0.4) is 0 Å². The van der Waals surface area contributed by atoms with Crippen molar-refractivity contribution in [1.29, 1.82) is 0 Å². The van der Waals surface area contributed by atoms with E-state index >= 15 is 0 Å². The molecule has 4 N–H and O–H groups in total. The maximum atomic E-state index is 8.56. The van der Waals surface area contributed by atoms with Crippen LogP contribution in [0, 0.1) is 0 Å². The highest BCUT2D eigenvalue weighted by molar-refractivity contribution is 5.56. The number of aliphatic hydroxyl groups excluding tert-OH is 2. The van der Waals surface area contributed by atoms with Gasteiger partial charge in [0.05, 0.1) is 0 Å². The van der Waals surface area contributed by atoms with Gasteiger partial charge in [0.1, 0.15) is 13.5 Å². The van der Waals surface area contributed by atoms with Crippen LogP contribution in [0.1, 0.15) is 0 Å². The van der Waals surface area contributed by atoms with Gasteiger partial charge in [-0.3, -0.25) is 0 Å². The Morgan fingerprint density at radius 1 is 1.00 bits per heavy atom. The molecule has 0 aromatic heterocycles. The number of hydrogen-bond donors (Lipinski definition) is 4. The van der Waals surface area contributed by atoms with Crippen molar-refractivity contribution in [2.45, 2.75) is 0 Å². The van der Waals surface area contributed by atoms with Crippen LogP contribution in [-0.4, -0.2) is 23.7 Å². The Balaban J connectivity index is 2.67. The second-order valence-electron chi connectivity index (χ2n) is 2.25. The highest BCUT2D eigenvalue weighted by Gasteiger charge is 1.92. The second-order valence-corrected chi connectivity index (χ2v) is 2.25. The molecule has 0 bridgehead atoms. The maximum absolute atomic E-state index is 8.56. The molecule has 4 nitrogen and oxygen atoms in total. The molecule has 0 amide bonds. The van der Waals surface area contributed by atoms with E-state index in [4.69, 9.17) is 10.2 Å². The molecule has 0 unspecified atom stereocenters. The van der Waals surface area contributed by atoms with Crippen molar-refractivity contribution in [3.63, 3.8) is 0 Å². The zero-order valence-electron chi connectivity index (χ0n) is 6.62. The summed E-state index contributed by atoms with van der Waals surface area (Å²) in [6, 6.07) is 7.29. The molecule has 0 saturated heterocycles. The summed E-state index contributed by atoms with van der Waals surface area (Å²) < 4.78 is 0. The van der Waals surface area contributed by atoms with Crippen LogP contribution in [0.2, 0.25) is 0 Å². The Hall–Kier alpha value is -1.26. The molecule has 0 spiro atoms. The largest absolute Gasteiger partial charge is 0.377 e. The molecule has 66 valence electrons. The summed E-state index contributed by atoms with van der Waals surface area (Å²) in [4.78, 5) is 0. The van der Waals surface area contributed by atoms with E-state index in [-0.39, 0.29) is 13.5 Å². The van der Waals surface area contributed by atoms with Crippen LogP contribution in [-0.2, 0) is 0 Å². The summed E-state index contributed by atoms with van der Waals surface area (Å²) in [7, 11) is 0. The predicted molar refractivity (Wildman–Crippen MR) is 47.9 cm³/mol. The van der Waals surface area contributed by atoms with Gasteiger partial charge < -0.3 is 20.8 Å². The molecule has 0 radical (unpaired) electrons. The molecule has 1 aromatic carbocycles. The van der Waals surface area contributed by atoms with Gasteiger partial charge in [0.2, 0.25) is 0 Å². The van der Waals surface area contributed by atoms with E-state index in [0.29, 0.717) is 0 Å². The zero-order valence-corrected chi connectivity index (χ0v) is 6.62. The Kier molecular flexibility index (Phi) is 3.37. The van der Waals surface area contributed by atoms with Gasteiger partial charge in [-0.05, 0) is 18.2 Å². The molecule has 1 rings (SSSR count). The van der Waals surface area contributed by atoms with Crippen molar-refractivity contribution in [3.05, 3.63) is 24.3 Å². The van der Waals surface area contributed by atoms with Gasteiger partial charge in [0.15, 0.2) is 0 Å². The molecular weight excluding hydrogens is 156 g/mol. The maximum Gasteiger partial charge on any atom is 0.113 e. The molecular formula is C8H12N2O2. The molecule has 0 atom stereocenters. The normalized spacial score (nSPS) is 9.50. The standard InChI is InChI=1S/C8H12N2O2/c11-5-9-7-2-1-3-8(4-7)10-6-12/h1-4,9-12H,5-6H2. The first kappa shape index (κ1) is 8.83. The third-order valence-corrected chi connectivity index (χ3v) is 1.43. The Labute approximate surface area is 70.8 Å². The van der Waals surface area contributed by atoms with E-state index in [1.807, 2.05) is 18.2 Å². The average molecular weight is 168 g/mol. The average Bonchev–Trinajstić information content (AvgIpc) is 2.06. The van der Waals surface area contributed by atoms with Gasteiger partial charge in [-0.1, -0.05) is 6.07 Å². The van der Waals surface area contributed by atoms with Crippen molar-refractivity contribution < 1.29 is 10.2 Å². The van der Waals surface area contributed by atoms with Crippen molar-refractivity contribution in [2.75, 3.05) is 24.1 Å². The van der Waals surface area contributed by atoms with Crippen LogP contribution in [0.5, 0.6) is 0 Å². The summed E-state index contributed by atoms with van der Waals surface area (Å²) in [5.41, 5.74) is 1.63. The number of anilines is 2. The molecule has 12 heavy (non-hydrogen) atoms. The number of rotatable bonds is 4. The van der Waals surface area contributed by atoms with Crippen molar-refractivity contribution >= 4 is 11.4 Å². The molecule has 0 aliphatic heterocycles. The summed E-state index contributed by atoms with van der Waals surface area (Å²) >= 11 is 0. The van der Waals surface area contributed by atoms with Gasteiger partial charge >= 0.3 is 0 Å². The predicted octanol–water partition coefficient (Wildman–Crippen LogP) is 0.410. The minimum atomic E-state index is -0.0947. The lowest BCUT2D eigenvalue weighted by Crippen LogP contribution is -2.02. The molecule has 4 heteroatoms. The van der Waals surface area contributed by atoms with E-state index in [2.05, 4.69) is 10.6 Å². The monoisotopic (exact) mass is 168 g/mol. The lowest BCUT2D eigenvalue weighted by atomic mass is 10.3. The fraction of sp³-hybridized carbons (Fsp3) is 0.250. The van der Waals surface area contributed by atoms with Crippen LogP contribution in [0.15, 0.2) is 24.3 Å². The first-order valence-corrected chi connectivity index (χ1v) is 3.66. The summed E-state index contributed by atoms with van der Waals surface area (Å²) in [5.74, 6) is 0. The van der Waals surface area contributed by atoms with Gasteiger partial charge in [0, 0.05) is 11.4 Å². The van der Waals surface area contributed by atoms with Gasteiger partial charge in [0.25, 0.3) is 0 Å². The number of hydrogen-bond acceptors (Lipinski definition) is 4. The van der Waals surface area contributed by atoms with Crippen LogP contribution in [0.25, 0.3) is 0 Å². The third-order valence-electron chi connectivity index (χ3n) is 1.43. The lowest BCUT2D eigenvalue weighted by Gasteiger charge is -2.05. The highest BCUT2D eigenvalue weighted by Crippen LogP contribution is 2.13. The van der Waals surface area contributed by atoms with Gasteiger partial charge in [-0.25, -0.2) is 0 Å². The molecule has 0 fully saturated rings. The van der Waals surface area contributed by atoms with Gasteiger partial charge in [-0.15, -0.1) is 0 Å². The van der Waals surface area contributed by atoms with E-state index in [0.717, 1.165) is 11.4 Å². The summed E-state index contributed by atoms with van der Waals surface area (Å²) in [6.45, 7) is -0.189. The summed E-state index contributed by atoms with van der Waals surface area (Å²) in [6.07, 6.45) is 0. The fourth-order valence-corrected chi connectivity index (χ4v) is 0.922. The molecule has 0 aliphatic carbocycles. The Morgan fingerprint density at radius 3 is 1.92 bits per heavy atom. The van der Waals surface area contributed by atoms with Gasteiger partial charge in [-0.2, -0.15) is 0 Å². The minimum absolute atomic E-state index is 0.0947. The van der Waals surface area contributed by atoms with Crippen molar-refractivity contribution in [1.82, 2.24) is 0 Å². The zero-order chi connectivity index (χ0) is 8.81. The van der Waals surface area contributed by atoms with E-state index in [9.17, 15) is 0 Å². The lowest BCUT2D eigenvalue weighted by molar-refractivity contribution is 0.325. The fourth-order valence-electron chi connectivity index (χ4n) is 0.922. The second kappa shape index (κ2) is 4.58. The first-order valence-electron chi connectivity index (χ1n) is 3.66. The van der Waals surface area contributed by atoms with E-state index in [1.54, 1.807) is 6.07 Å². The Morgan fingerprint density at radius 2 is 1.50 bits per heavy atom. The minimum Gasteiger partial charge on any atom is -0.377 e. The number of aliphatic hydroxyl groups is 2.